The highest BCUT2D eigenvalue weighted by Gasteiger charge is 2.14. The minimum Gasteiger partial charge on any atom is -0.444 e. The summed E-state index contributed by atoms with van der Waals surface area (Å²) in [5.74, 6) is 0. The van der Waals surface area contributed by atoms with E-state index in [1.807, 2.05) is 18.2 Å². The third-order valence-electron chi connectivity index (χ3n) is 1.66. The van der Waals surface area contributed by atoms with E-state index < -0.39 is 0 Å². The molecule has 1 aliphatic heterocycles. The third-order valence-corrected chi connectivity index (χ3v) is 2.33. The topological polar surface area (TPSA) is 38.3 Å². The van der Waals surface area contributed by atoms with E-state index in [0.717, 1.165) is 14.8 Å². The van der Waals surface area contributed by atoms with Crippen molar-refractivity contribution in [3.63, 3.8) is 0 Å². The predicted octanol–water partition coefficient (Wildman–Crippen LogP) is 2.35. The predicted molar refractivity (Wildman–Crippen MR) is 53.0 cm³/mol. The second-order valence-electron chi connectivity index (χ2n) is 2.50. The van der Waals surface area contributed by atoms with Crippen LogP contribution in [-0.2, 0) is 11.3 Å². The number of hydrogen-bond acceptors (Lipinski definition) is 2. The normalized spacial score (nSPS) is 14.6. The lowest BCUT2D eigenvalue weighted by Crippen LogP contribution is -2.20. The molecule has 1 aromatic carbocycles. The molecule has 62 valence electrons. The molecule has 0 aromatic heterocycles. The first-order chi connectivity index (χ1) is 5.75. The summed E-state index contributed by atoms with van der Waals surface area (Å²) < 4.78 is 5.95. The summed E-state index contributed by atoms with van der Waals surface area (Å²) in [6.45, 7) is 0.373. The van der Waals surface area contributed by atoms with Crippen LogP contribution in [0.2, 0.25) is 0 Å². The molecule has 0 radical (unpaired) electrons. The lowest BCUT2D eigenvalue weighted by atomic mass is 10.2. The molecule has 1 N–H and O–H groups in total. The van der Waals surface area contributed by atoms with Crippen molar-refractivity contribution < 1.29 is 9.53 Å². The summed E-state index contributed by atoms with van der Waals surface area (Å²) in [6.07, 6.45) is -0.372. The summed E-state index contributed by atoms with van der Waals surface area (Å²) in [5.41, 5.74) is 1.88. The summed E-state index contributed by atoms with van der Waals surface area (Å²) in [5, 5.41) is 2.62. The molecule has 0 bridgehead atoms. The molecular formula is C8H6INO2. The van der Waals surface area contributed by atoms with E-state index in [-0.39, 0.29) is 6.09 Å². The summed E-state index contributed by atoms with van der Waals surface area (Å²) >= 11 is 2.22. The lowest BCUT2D eigenvalue weighted by molar-refractivity contribution is 0.151. The van der Waals surface area contributed by atoms with Gasteiger partial charge in [-0.3, -0.25) is 5.32 Å². The highest BCUT2D eigenvalue weighted by Crippen LogP contribution is 2.23. The van der Waals surface area contributed by atoms with Crippen LogP contribution in [0.3, 0.4) is 0 Å². The first-order valence-electron chi connectivity index (χ1n) is 3.48. The van der Waals surface area contributed by atoms with Crippen molar-refractivity contribution in [2.24, 2.45) is 0 Å². The first-order valence-corrected chi connectivity index (χ1v) is 4.56. The zero-order valence-corrected chi connectivity index (χ0v) is 8.29. The Balaban J connectivity index is 2.43. The van der Waals surface area contributed by atoms with Crippen molar-refractivity contribution in [3.05, 3.63) is 27.3 Å². The van der Waals surface area contributed by atoms with Crippen LogP contribution in [0, 0.1) is 3.57 Å². The van der Waals surface area contributed by atoms with Gasteiger partial charge in [0.25, 0.3) is 0 Å². The van der Waals surface area contributed by atoms with Gasteiger partial charge in [0, 0.05) is 9.13 Å². The fraction of sp³-hybridized carbons (Fsp3) is 0.125. The van der Waals surface area contributed by atoms with Crippen LogP contribution in [0.25, 0.3) is 0 Å². The van der Waals surface area contributed by atoms with Gasteiger partial charge in [0.05, 0.1) is 5.69 Å². The SMILES string of the molecule is O=C1Nc2ccc(I)cc2CO1. The molecule has 1 aromatic rings. The molecule has 2 rings (SSSR count). The summed E-state index contributed by atoms with van der Waals surface area (Å²) in [4.78, 5) is 10.8. The van der Waals surface area contributed by atoms with Crippen LogP contribution < -0.4 is 5.32 Å². The molecule has 1 heterocycles. The molecule has 0 fully saturated rings. The fourth-order valence-corrected chi connectivity index (χ4v) is 1.65. The molecule has 1 aliphatic rings. The molecule has 0 unspecified atom stereocenters. The Bertz CT molecular complexity index is 338. The van der Waals surface area contributed by atoms with Gasteiger partial charge in [0.1, 0.15) is 6.61 Å². The number of carbonyl (C=O) groups is 1. The van der Waals surface area contributed by atoms with Crippen LogP contribution in [0.5, 0.6) is 0 Å². The van der Waals surface area contributed by atoms with Gasteiger partial charge in [0.15, 0.2) is 0 Å². The van der Waals surface area contributed by atoms with Gasteiger partial charge < -0.3 is 4.74 Å². The highest BCUT2D eigenvalue weighted by atomic mass is 127. The number of cyclic esters (lactones) is 1. The van der Waals surface area contributed by atoms with E-state index in [9.17, 15) is 4.79 Å². The summed E-state index contributed by atoms with van der Waals surface area (Å²) in [7, 11) is 0. The number of anilines is 1. The molecule has 12 heavy (non-hydrogen) atoms. The molecule has 4 heteroatoms. The second-order valence-corrected chi connectivity index (χ2v) is 3.75. The largest absolute Gasteiger partial charge is 0.444 e. The maximum Gasteiger partial charge on any atom is 0.411 e. The van der Waals surface area contributed by atoms with E-state index >= 15 is 0 Å². The number of carbonyl (C=O) groups excluding carboxylic acids is 1. The maximum absolute atomic E-state index is 10.8. The van der Waals surface area contributed by atoms with E-state index in [0.29, 0.717) is 6.61 Å². The number of hydrogen-bond donors (Lipinski definition) is 1. The number of nitrogens with one attached hydrogen (secondary N) is 1. The van der Waals surface area contributed by atoms with Gasteiger partial charge in [-0.2, -0.15) is 0 Å². The first kappa shape index (κ1) is 7.85. The average molecular weight is 275 g/mol. The standard InChI is InChI=1S/C8H6INO2/c9-6-1-2-7-5(3-6)4-12-8(11)10-7/h1-3H,4H2,(H,10,11). The molecule has 0 saturated carbocycles. The monoisotopic (exact) mass is 275 g/mol. The van der Waals surface area contributed by atoms with Crippen LogP contribution in [-0.4, -0.2) is 6.09 Å². The van der Waals surface area contributed by atoms with Gasteiger partial charge in [-0.05, 0) is 40.8 Å². The number of fused-ring (bicyclic) bond motifs is 1. The van der Waals surface area contributed by atoms with E-state index in [1.165, 1.54) is 0 Å². The van der Waals surface area contributed by atoms with Crippen molar-refractivity contribution in [2.75, 3.05) is 5.32 Å². The molecule has 0 saturated heterocycles. The molecule has 0 atom stereocenters. The van der Waals surface area contributed by atoms with Gasteiger partial charge in [0.2, 0.25) is 0 Å². The van der Waals surface area contributed by atoms with Gasteiger partial charge >= 0.3 is 6.09 Å². The Morgan fingerprint density at radius 2 is 2.33 bits per heavy atom. The molecule has 0 spiro atoms. The smallest absolute Gasteiger partial charge is 0.411 e. The second kappa shape index (κ2) is 2.93. The molecule has 0 aliphatic carbocycles. The van der Waals surface area contributed by atoms with Crippen molar-refractivity contribution in [2.45, 2.75) is 6.61 Å². The van der Waals surface area contributed by atoms with Crippen LogP contribution >= 0.6 is 22.6 Å². The zero-order valence-electron chi connectivity index (χ0n) is 6.13. The lowest BCUT2D eigenvalue weighted by Gasteiger charge is -2.16. The Kier molecular flexibility index (Phi) is 1.92. The van der Waals surface area contributed by atoms with Crippen molar-refractivity contribution in [3.8, 4) is 0 Å². The summed E-state index contributed by atoms with van der Waals surface area (Å²) in [6, 6.07) is 5.83. The number of ether oxygens (including phenoxy) is 1. The van der Waals surface area contributed by atoms with Crippen LogP contribution in [0.1, 0.15) is 5.56 Å². The Labute approximate surface area is 83.2 Å². The molecular weight excluding hydrogens is 269 g/mol. The maximum atomic E-state index is 10.8. The van der Waals surface area contributed by atoms with Crippen LogP contribution in [0.15, 0.2) is 18.2 Å². The third kappa shape index (κ3) is 1.38. The van der Waals surface area contributed by atoms with E-state index in [1.54, 1.807) is 0 Å². The number of benzene rings is 1. The van der Waals surface area contributed by atoms with Crippen LogP contribution in [0.4, 0.5) is 10.5 Å². The van der Waals surface area contributed by atoms with Crippen molar-refractivity contribution in [1.82, 2.24) is 0 Å². The van der Waals surface area contributed by atoms with Gasteiger partial charge in [-0.15, -0.1) is 0 Å². The van der Waals surface area contributed by atoms with Crippen molar-refractivity contribution in [1.29, 1.82) is 0 Å². The minimum atomic E-state index is -0.372. The number of halogens is 1. The molecule has 1 amide bonds. The highest BCUT2D eigenvalue weighted by molar-refractivity contribution is 14.1. The Morgan fingerprint density at radius 3 is 3.17 bits per heavy atom. The Hall–Kier alpha value is -0.780. The van der Waals surface area contributed by atoms with Gasteiger partial charge in [-0.1, -0.05) is 0 Å². The number of amides is 1. The number of rotatable bonds is 0. The Morgan fingerprint density at radius 1 is 1.50 bits per heavy atom. The van der Waals surface area contributed by atoms with Gasteiger partial charge in [-0.25, -0.2) is 4.79 Å². The van der Waals surface area contributed by atoms with E-state index in [4.69, 9.17) is 4.74 Å². The molecule has 3 nitrogen and oxygen atoms in total. The van der Waals surface area contributed by atoms with E-state index in [2.05, 4.69) is 27.9 Å². The minimum absolute atomic E-state index is 0.372. The van der Waals surface area contributed by atoms with Crippen molar-refractivity contribution >= 4 is 34.4 Å². The fourth-order valence-electron chi connectivity index (χ4n) is 1.09. The quantitative estimate of drug-likeness (QED) is 0.738. The zero-order chi connectivity index (χ0) is 8.55. The average Bonchev–Trinajstić information content (AvgIpc) is 2.05.